The standard InChI is InChI=1S/C13H15N5O7S.C5H5N/c19-11(8-2-1-5-14-6-8)15-16-12(20)10-4-3-9-7-17(10)13(21)18(9)25-26(22,23)24;1-2-4-6-5-3-1/h1-2,5-6,9-10H,3-4,7H2,(H,15,19)(H,16,20)(H,22,23,24);1-5H/t9-,10+;/m1./s1. The highest BCUT2D eigenvalue weighted by molar-refractivity contribution is 7.80. The Hall–Kier alpha value is -3.62. The zero-order chi connectivity index (χ0) is 23.1. The lowest BCUT2D eigenvalue weighted by Crippen LogP contribution is -2.54. The van der Waals surface area contributed by atoms with Crippen LogP contribution < -0.4 is 10.9 Å². The van der Waals surface area contributed by atoms with Crippen LogP contribution in [0.15, 0.2) is 55.1 Å². The average Bonchev–Trinajstić information content (AvgIpc) is 3.03. The summed E-state index contributed by atoms with van der Waals surface area (Å²) < 4.78 is 34.7. The monoisotopic (exact) mass is 464 g/mol. The molecule has 0 radical (unpaired) electrons. The van der Waals surface area contributed by atoms with Crippen LogP contribution >= 0.6 is 0 Å². The molecule has 3 N–H and O–H groups in total. The number of aromatic nitrogens is 2. The van der Waals surface area contributed by atoms with Crippen LogP contribution in [0.3, 0.4) is 0 Å². The number of hydrazine groups is 1. The van der Waals surface area contributed by atoms with E-state index in [4.69, 9.17) is 4.55 Å². The number of pyridine rings is 2. The first-order valence-electron chi connectivity index (χ1n) is 9.38. The molecule has 0 unspecified atom stereocenters. The second-order valence-corrected chi connectivity index (χ2v) is 7.72. The number of hydroxylamine groups is 2. The maximum atomic E-state index is 12.3. The van der Waals surface area contributed by atoms with E-state index < -0.39 is 40.3 Å². The highest BCUT2D eigenvalue weighted by Crippen LogP contribution is 2.30. The molecule has 2 atom stereocenters. The molecule has 4 heterocycles. The number of amides is 4. The molecule has 2 fully saturated rings. The van der Waals surface area contributed by atoms with E-state index in [1.54, 1.807) is 18.5 Å². The first-order valence-corrected chi connectivity index (χ1v) is 10.7. The summed E-state index contributed by atoms with van der Waals surface area (Å²) in [6.07, 6.45) is 6.83. The minimum Gasteiger partial charge on any atom is -0.309 e. The van der Waals surface area contributed by atoms with E-state index in [1.165, 1.54) is 18.5 Å². The Morgan fingerprint density at radius 2 is 1.78 bits per heavy atom. The topological polar surface area (TPSA) is 171 Å². The van der Waals surface area contributed by atoms with E-state index >= 15 is 0 Å². The molecule has 170 valence electrons. The fourth-order valence-corrected chi connectivity index (χ4v) is 3.58. The van der Waals surface area contributed by atoms with Gasteiger partial charge in [0.15, 0.2) is 0 Å². The molecule has 4 amide bonds. The van der Waals surface area contributed by atoms with Gasteiger partial charge in [-0.3, -0.25) is 35.0 Å². The van der Waals surface area contributed by atoms with Crippen molar-refractivity contribution in [1.29, 1.82) is 0 Å². The molecule has 4 rings (SSSR count). The van der Waals surface area contributed by atoms with Crippen LogP contribution in [-0.4, -0.2) is 69.4 Å². The maximum absolute atomic E-state index is 12.3. The smallest absolute Gasteiger partial charge is 0.309 e. The molecule has 2 aliphatic heterocycles. The molecule has 2 bridgehead atoms. The normalized spacial score (nSPS) is 19.6. The lowest BCUT2D eigenvalue weighted by Gasteiger charge is -2.29. The van der Waals surface area contributed by atoms with Crippen LogP contribution in [0.5, 0.6) is 0 Å². The summed E-state index contributed by atoms with van der Waals surface area (Å²) in [6, 6.07) is 6.41. The summed E-state index contributed by atoms with van der Waals surface area (Å²) in [5, 5.41) is 0.539. The van der Waals surface area contributed by atoms with Crippen molar-refractivity contribution in [2.24, 2.45) is 0 Å². The van der Waals surface area contributed by atoms with E-state index in [1.807, 2.05) is 18.2 Å². The summed E-state index contributed by atoms with van der Waals surface area (Å²) in [5.74, 6) is -1.22. The Labute approximate surface area is 183 Å². The summed E-state index contributed by atoms with van der Waals surface area (Å²) in [7, 11) is -4.85. The zero-order valence-corrected chi connectivity index (χ0v) is 17.4. The summed E-state index contributed by atoms with van der Waals surface area (Å²) in [4.78, 5) is 45.1. The predicted molar refractivity (Wildman–Crippen MR) is 107 cm³/mol. The number of fused-ring (bicyclic) bond motifs is 2. The third-order valence-corrected chi connectivity index (χ3v) is 4.94. The fourth-order valence-electron chi connectivity index (χ4n) is 3.19. The minimum absolute atomic E-state index is 0.0585. The Morgan fingerprint density at radius 3 is 2.34 bits per heavy atom. The van der Waals surface area contributed by atoms with E-state index in [2.05, 4.69) is 25.1 Å². The van der Waals surface area contributed by atoms with E-state index in [0.717, 1.165) is 4.90 Å². The van der Waals surface area contributed by atoms with Crippen molar-refractivity contribution in [3.63, 3.8) is 0 Å². The van der Waals surface area contributed by atoms with Crippen molar-refractivity contribution in [2.45, 2.75) is 24.9 Å². The number of rotatable bonds is 4. The van der Waals surface area contributed by atoms with Crippen LogP contribution in [0.1, 0.15) is 23.2 Å². The molecule has 0 aliphatic carbocycles. The summed E-state index contributed by atoms with van der Waals surface area (Å²) >= 11 is 0. The second kappa shape index (κ2) is 10.1. The van der Waals surface area contributed by atoms with Crippen LogP contribution in [0.2, 0.25) is 0 Å². The first kappa shape index (κ1) is 23.1. The molecular formula is C18H20N6O7S. The SMILES string of the molecule is O=C(NNC(=O)[C@@H]1CC[C@@H]2CN1C(=O)N2OS(=O)(=O)O)c1cccnc1.c1ccncc1. The van der Waals surface area contributed by atoms with Crippen LogP contribution in [0.25, 0.3) is 0 Å². The van der Waals surface area contributed by atoms with Gasteiger partial charge in [0.1, 0.15) is 6.04 Å². The van der Waals surface area contributed by atoms with Crippen molar-refractivity contribution in [3.05, 3.63) is 60.7 Å². The first-order chi connectivity index (χ1) is 15.3. The van der Waals surface area contributed by atoms with Gasteiger partial charge < -0.3 is 4.90 Å². The zero-order valence-electron chi connectivity index (χ0n) is 16.6. The van der Waals surface area contributed by atoms with E-state index in [9.17, 15) is 22.8 Å². The van der Waals surface area contributed by atoms with E-state index in [0.29, 0.717) is 5.06 Å². The van der Waals surface area contributed by atoms with Gasteiger partial charge in [-0.2, -0.15) is 13.5 Å². The van der Waals surface area contributed by atoms with Crippen molar-refractivity contribution in [1.82, 2.24) is 30.8 Å². The van der Waals surface area contributed by atoms with Crippen molar-refractivity contribution < 1.29 is 31.6 Å². The molecule has 0 spiro atoms. The third-order valence-electron chi connectivity index (χ3n) is 4.59. The van der Waals surface area contributed by atoms with Crippen molar-refractivity contribution >= 4 is 28.2 Å². The van der Waals surface area contributed by atoms with Crippen LogP contribution in [0.4, 0.5) is 4.79 Å². The van der Waals surface area contributed by atoms with Crippen LogP contribution in [0, 0.1) is 0 Å². The van der Waals surface area contributed by atoms with E-state index in [-0.39, 0.29) is 24.9 Å². The van der Waals surface area contributed by atoms with Crippen LogP contribution in [-0.2, 0) is 19.5 Å². The Kier molecular flexibility index (Phi) is 7.29. The maximum Gasteiger partial charge on any atom is 0.418 e. The number of nitrogens with zero attached hydrogens (tertiary/aromatic N) is 4. The largest absolute Gasteiger partial charge is 0.418 e. The molecule has 32 heavy (non-hydrogen) atoms. The molecule has 14 heteroatoms. The quantitative estimate of drug-likeness (QED) is 0.414. The molecule has 0 aromatic carbocycles. The second-order valence-electron chi connectivity index (χ2n) is 6.72. The molecule has 2 aliphatic rings. The average molecular weight is 464 g/mol. The van der Waals surface area contributed by atoms with Gasteiger partial charge in [-0.15, -0.1) is 4.28 Å². The Morgan fingerprint density at radius 1 is 1.06 bits per heavy atom. The molecule has 0 saturated carbocycles. The highest BCUT2D eigenvalue weighted by Gasteiger charge is 2.49. The van der Waals surface area contributed by atoms with Gasteiger partial charge in [-0.25, -0.2) is 4.79 Å². The van der Waals surface area contributed by atoms with Crippen molar-refractivity contribution in [3.8, 4) is 0 Å². The molecular weight excluding hydrogens is 444 g/mol. The van der Waals surface area contributed by atoms with Crippen molar-refractivity contribution in [2.75, 3.05) is 6.54 Å². The van der Waals surface area contributed by atoms with Gasteiger partial charge >= 0.3 is 16.4 Å². The molecule has 2 saturated heterocycles. The van der Waals surface area contributed by atoms with Gasteiger partial charge in [-0.05, 0) is 37.1 Å². The summed E-state index contributed by atoms with van der Waals surface area (Å²) in [6.45, 7) is 0.0585. The Bertz CT molecular complexity index is 1030. The highest BCUT2D eigenvalue weighted by atomic mass is 32.3. The molecule has 2 aromatic rings. The third kappa shape index (κ3) is 5.96. The lowest BCUT2D eigenvalue weighted by atomic mass is 10.0. The molecule has 13 nitrogen and oxygen atoms in total. The molecule has 2 aromatic heterocycles. The number of carbonyl (C=O) groups is 3. The van der Waals surface area contributed by atoms with Gasteiger partial charge in [0, 0.05) is 31.3 Å². The number of hydrogen-bond donors (Lipinski definition) is 3. The van der Waals surface area contributed by atoms with Gasteiger partial charge in [-0.1, -0.05) is 6.07 Å². The fraction of sp³-hybridized carbons (Fsp3) is 0.278. The number of nitrogens with one attached hydrogen (secondary N) is 2. The van der Waals surface area contributed by atoms with Gasteiger partial charge in [0.2, 0.25) is 0 Å². The van der Waals surface area contributed by atoms with Gasteiger partial charge in [0.25, 0.3) is 11.8 Å². The minimum atomic E-state index is -4.85. The number of carbonyl (C=O) groups excluding carboxylic acids is 3. The lowest BCUT2D eigenvalue weighted by molar-refractivity contribution is -0.126. The number of piperidine rings is 1. The summed E-state index contributed by atoms with van der Waals surface area (Å²) in [5.41, 5.74) is 4.69. The predicted octanol–water partition coefficient (Wildman–Crippen LogP) is -0.0728. The number of urea groups is 1. The Balaban J connectivity index is 0.000000416. The number of hydrogen-bond acceptors (Lipinski definition) is 8. The van der Waals surface area contributed by atoms with Gasteiger partial charge in [0.05, 0.1) is 11.6 Å².